The third-order valence-corrected chi connectivity index (χ3v) is 2.62. The quantitative estimate of drug-likeness (QED) is 0.660. The van der Waals surface area contributed by atoms with E-state index in [1.165, 1.54) is 18.3 Å². The Morgan fingerprint density at radius 2 is 2.05 bits per heavy atom. The molecular formula is C15H14N2O3. The molecule has 5 nitrogen and oxygen atoms in total. The van der Waals surface area contributed by atoms with E-state index in [-0.39, 0.29) is 11.3 Å². The van der Waals surface area contributed by atoms with Gasteiger partial charge in [-0.05, 0) is 29.8 Å². The molecule has 0 radical (unpaired) electrons. The van der Waals surface area contributed by atoms with Gasteiger partial charge in [-0.15, -0.1) is 0 Å². The summed E-state index contributed by atoms with van der Waals surface area (Å²) in [4.78, 5) is 11.8. The first-order valence-corrected chi connectivity index (χ1v) is 5.96. The molecule has 0 aliphatic rings. The first kappa shape index (κ1) is 13.6. The van der Waals surface area contributed by atoms with Crippen molar-refractivity contribution >= 4 is 12.1 Å². The Morgan fingerprint density at radius 1 is 1.25 bits per heavy atom. The Hall–Kier alpha value is -2.82. The molecule has 2 aromatic carbocycles. The molecule has 0 saturated carbocycles. The first-order chi connectivity index (χ1) is 9.70. The van der Waals surface area contributed by atoms with E-state index in [0.29, 0.717) is 5.75 Å². The highest BCUT2D eigenvalue weighted by Crippen LogP contribution is 2.15. The van der Waals surface area contributed by atoms with Crippen LogP contribution in [0.15, 0.2) is 53.6 Å². The van der Waals surface area contributed by atoms with Gasteiger partial charge in [-0.3, -0.25) is 4.79 Å². The Labute approximate surface area is 116 Å². The number of hydrogen-bond acceptors (Lipinski definition) is 4. The van der Waals surface area contributed by atoms with E-state index in [9.17, 15) is 9.90 Å². The molecule has 2 N–H and O–H groups in total. The fraction of sp³-hybridized carbons (Fsp3) is 0.0667. The number of nitrogens with one attached hydrogen (secondary N) is 1. The Morgan fingerprint density at radius 3 is 2.80 bits per heavy atom. The molecule has 102 valence electrons. The van der Waals surface area contributed by atoms with Gasteiger partial charge in [-0.1, -0.05) is 24.3 Å². The minimum atomic E-state index is -0.470. The Balaban J connectivity index is 2.03. The van der Waals surface area contributed by atoms with Crippen molar-refractivity contribution in [3.8, 4) is 11.5 Å². The third kappa shape index (κ3) is 3.35. The number of hydrogen-bond donors (Lipinski definition) is 2. The molecule has 0 spiro atoms. The molecule has 1 amide bonds. The lowest BCUT2D eigenvalue weighted by Gasteiger charge is -2.02. The van der Waals surface area contributed by atoms with Crippen molar-refractivity contribution in [2.24, 2.45) is 5.10 Å². The SMILES string of the molecule is COc1cccc(/C=N\NC(=O)c2ccccc2O)c1. The summed E-state index contributed by atoms with van der Waals surface area (Å²) < 4.78 is 5.09. The lowest BCUT2D eigenvalue weighted by molar-refractivity contribution is 0.0952. The molecule has 0 heterocycles. The van der Waals surface area contributed by atoms with Crippen molar-refractivity contribution in [3.63, 3.8) is 0 Å². The lowest BCUT2D eigenvalue weighted by atomic mass is 10.2. The maximum Gasteiger partial charge on any atom is 0.275 e. The topological polar surface area (TPSA) is 70.9 Å². The van der Waals surface area contributed by atoms with Gasteiger partial charge in [0.15, 0.2) is 0 Å². The van der Waals surface area contributed by atoms with Crippen LogP contribution in [0.1, 0.15) is 15.9 Å². The van der Waals surface area contributed by atoms with Crippen LogP contribution in [0.4, 0.5) is 0 Å². The van der Waals surface area contributed by atoms with Crippen LogP contribution in [-0.2, 0) is 0 Å². The fourth-order valence-corrected chi connectivity index (χ4v) is 1.61. The number of nitrogens with zero attached hydrogens (tertiary/aromatic N) is 1. The van der Waals surface area contributed by atoms with E-state index in [0.717, 1.165) is 5.56 Å². The zero-order valence-electron chi connectivity index (χ0n) is 10.9. The van der Waals surface area contributed by atoms with Gasteiger partial charge in [-0.2, -0.15) is 5.10 Å². The number of aromatic hydroxyl groups is 1. The lowest BCUT2D eigenvalue weighted by Crippen LogP contribution is -2.17. The van der Waals surface area contributed by atoms with Crippen LogP contribution in [0.2, 0.25) is 0 Å². The summed E-state index contributed by atoms with van der Waals surface area (Å²) in [5, 5.41) is 13.4. The van der Waals surface area contributed by atoms with Gasteiger partial charge in [-0.25, -0.2) is 5.43 Å². The van der Waals surface area contributed by atoms with E-state index in [2.05, 4.69) is 10.5 Å². The zero-order chi connectivity index (χ0) is 14.4. The molecular weight excluding hydrogens is 256 g/mol. The third-order valence-electron chi connectivity index (χ3n) is 2.62. The molecule has 0 bridgehead atoms. The van der Waals surface area contributed by atoms with E-state index < -0.39 is 5.91 Å². The van der Waals surface area contributed by atoms with Crippen LogP contribution in [0.25, 0.3) is 0 Å². The second kappa shape index (κ2) is 6.38. The van der Waals surface area contributed by atoms with Crippen LogP contribution >= 0.6 is 0 Å². The summed E-state index contributed by atoms with van der Waals surface area (Å²) in [5.41, 5.74) is 3.33. The minimum Gasteiger partial charge on any atom is -0.507 e. The smallest absolute Gasteiger partial charge is 0.275 e. The normalized spacial score (nSPS) is 10.4. The standard InChI is InChI=1S/C15H14N2O3/c1-20-12-6-4-5-11(9-12)10-16-17-15(19)13-7-2-3-8-14(13)18/h2-10,18H,1H3,(H,17,19)/b16-10-. The number of phenols is 1. The van der Waals surface area contributed by atoms with Crippen LogP contribution in [0, 0.1) is 0 Å². The van der Waals surface area contributed by atoms with E-state index in [4.69, 9.17) is 4.74 Å². The van der Waals surface area contributed by atoms with Crippen molar-refractivity contribution in [3.05, 3.63) is 59.7 Å². The average molecular weight is 270 g/mol. The zero-order valence-corrected chi connectivity index (χ0v) is 10.9. The number of benzene rings is 2. The van der Waals surface area contributed by atoms with Crippen LogP contribution in [0.3, 0.4) is 0 Å². The summed E-state index contributed by atoms with van der Waals surface area (Å²) in [6.07, 6.45) is 1.50. The molecule has 0 saturated heterocycles. The highest BCUT2D eigenvalue weighted by molar-refractivity contribution is 5.97. The molecule has 0 fully saturated rings. The predicted octanol–water partition coefficient (Wildman–Crippen LogP) is 2.16. The number of hydrazone groups is 1. The summed E-state index contributed by atoms with van der Waals surface area (Å²) in [6.45, 7) is 0. The van der Waals surface area contributed by atoms with Crippen molar-refractivity contribution in [1.82, 2.24) is 5.43 Å². The molecule has 20 heavy (non-hydrogen) atoms. The summed E-state index contributed by atoms with van der Waals surface area (Å²) in [6, 6.07) is 13.5. The van der Waals surface area contributed by atoms with E-state index in [1.807, 2.05) is 18.2 Å². The molecule has 0 unspecified atom stereocenters. The van der Waals surface area contributed by atoms with Gasteiger partial charge in [0.05, 0.1) is 18.9 Å². The van der Waals surface area contributed by atoms with Crippen molar-refractivity contribution < 1.29 is 14.6 Å². The molecule has 0 atom stereocenters. The number of para-hydroxylation sites is 1. The predicted molar refractivity (Wildman–Crippen MR) is 76.2 cm³/mol. The largest absolute Gasteiger partial charge is 0.507 e. The van der Waals surface area contributed by atoms with Gasteiger partial charge in [0.2, 0.25) is 0 Å². The van der Waals surface area contributed by atoms with Crippen LogP contribution < -0.4 is 10.2 Å². The van der Waals surface area contributed by atoms with Gasteiger partial charge < -0.3 is 9.84 Å². The number of ether oxygens (including phenoxy) is 1. The second-order valence-electron chi connectivity index (χ2n) is 3.99. The van der Waals surface area contributed by atoms with Crippen molar-refractivity contribution in [2.45, 2.75) is 0 Å². The minimum absolute atomic E-state index is 0.0819. The first-order valence-electron chi connectivity index (χ1n) is 5.96. The maximum atomic E-state index is 11.8. The number of carbonyl (C=O) groups is 1. The number of phenolic OH excluding ortho intramolecular Hbond substituents is 1. The highest BCUT2D eigenvalue weighted by Gasteiger charge is 2.08. The average Bonchev–Trinajstić information content (AvgIpc) is 2.48. The van der Waals surface area contributed by atoms with Gasteiger partial charge >= 0.3 is 0 Å². The Bertz CT molecular complexity index is 639. The van der Waals surface area contributed by atoms with Gasteiger partial charge in [0, 0.05) is 0 Å². The number of carbonyl (C=O) groups excluding carboxylic acids is 1. The monoisotopic (exact) mass is 270 g/mol. The van der Waals surface area contributed by atoms with Crippen LogP contribution in [-0.4, -0.2) is 24.3 Å². The van der Waals surface area contributed by atoms with Gasteiger partial charge in [0.25, 0.3) is 5.91 Å². The van der Waals surface area contributed by atoms with Crippen molar-refractivity contribution in [2.75, 3.05) is 7.11 Å². The highest BCUT2D eigenvalue weighted by atomic mass is 16.5. The molecule has 2 rings (SSSR count). The van der Waals surface area contributed by atoms with Crippen LogP contribution in [0.5, 0.6) is 11.5 Å². The maximum absolute atomic E-state index is 11.8. The Kier molecular flexibility index (Phi) is 4.34. The molecule has 0 aromatic heterocycles. The number of amides is 1. The molecule has 2 aromatic rings. The number of rotatable bonds is 4. The van der Waals surface area contributed by atoms with E-state index in [1.54, 1.807) is 25.3 Å². The van der Waals surface area contributed by atoms with Crippen molar-refractivity contribution in [1.29, 1.82) is 0 Å². The second-order valence-corrected chi connectivity index (χ2v) is 3.99. The van der Waals surface area contributed by atoms with Gasteiger partial charge in [0.1, 0.15) is 11.5 Å². The van der Waals surface area contributed by atoms with E-state index >= 15 is 0 Å². The summed E-state index contributed by atoms with van der Waals surface area (Å²) in [5.74, 6) is 0.157. The summed E-state index contributed by atoms with van der Waals surface area (Å²) in [7, 11) is 1.58. The molecule has 0 aliphatic heterocycles. The fourth-order valence-electron chi connectivity index (χ4n) is 1.61. The molecule has 5 heteroatoms. The summed E-state index contributed by atoms with van der Waals surface area (Å²) >= 11 is 0. The molecule has 0 aliphatic carbocycles. The number of methoxy groups -OCH3 is 1.